The Bertz CT molecular complexity index is 453. The van der Waals surface area contributed by atoms with E-state index >= 15 is 0 Å². The van der Waals surface area contributed by atoms with E-state index in [1.165, 1.54) is 0 Å². The number of hydrogen-bond donors (Lipinski definition) is 7. The minimum atomic E-state index is -1.59. The van der Waals surface area contributed by atoms with Gasteiger partial charge in [0.15, 0.2) is 6.29 Å². The molecule has 26 heavy (non-hydrogen) atoms. The lowest BCUT2D eigenvalue weighted by atomic mass is 9.80. The third-order valence-corrected chi connectivity index (χ3v) is 4.84. The fourth-order valence-electron chi connectivity index (χ4n) is 3.20. The van der Waals surface area contributed by atoms with E-state index in [-0.39, 0.29) is 6.61 Å². The molecule has 0 aromatic rings. The summed E-state index contributed by atoms with van der Waals surface area (Å²) < 4.78 is 16.3. The molecule has 10 atom stereocenters. The van der Waals surface area contributed by atoms with Crippen LogP contribution in [0.15, 0.2) is 0 Å². The molecule has 10 heteroatoms. The predicted octanol–water partition coefficient (Wildman–Crippen LogP) is -3.30. The summed E-state index contributed by atoms with van der Waals surface area (Å²) in [4.78, 5) is 0. The lowest BCUT2D eigenvalue weighted by molar-refractivity contribution is -0.317. The highest BCUT2D eigenvalue weighted by Crippen LogP contribution is 2.33. The first kappa shape index (κ1) is 21.9. The summed E-state index contributed by atoms with van der Waals surface area (Å²) in [6.07, 6.45) is -13.1. The first-order chi connectivity index (χ1) is 12.0. The van der Waals surface area contributed by atoms with Gasteiger partial charge in [-0.15, -0.1) is 0 Å². The molecule has 0 aliphatic carbocycles. The van der Waals surface area contributed by atoms with Crippen LogP contribution in [0, 0.1) is 5.41 Å². The van der Waals surface area contributed by atoms with Gasteiger partial charge in [0.1, 0.15) is 48.8 Å². The van der Waals surface area contributed by atoms with Crippen LogP contribution >= 0.6 is 0 Å². The molecule has 0 amide bonds. The standard InChI is InChI=1S/C16H30O10/c1-16(2,3)14-12(22)10(20)9(19)7(25-14)5-24-15-13(23)11(21)8(18)6(4-17)26-15/h6-15,17-23H,4-5H2,1-3H3/t6-,7-,8-,9-,10+,11+,12-,13-,14-,15-/m1/s1. The lowest BCUT2D eigenvalue weighted by Gasteiger charge is -2.46. The van der Waals surface area contributed by atoms with Gasteiger partial charge >= 0.3 is 0 Å². The predicted molar refractivity (Wildman–Crippen MR) is 85.9 cm³/mol. The summed E-state index contributed by atoms with van der Waals surface area (Å²) >= 11 is 0. The summed E-state index contributed by atoms with van der Waals surface area (Å²) in [5.41, 5.74) is -0.526. The van der Waals surface area contributed by atoms with Crippen molar-refractivity contribution in [1.82, 2.24) is 0 Å². The Morgan fingerprint density at radius 1 is 0.731 bits per heavy atom. The quantitative estimate of drug-likeness (QED) is 0.261. The number of aliphatic hydroxyl groups is 7. The Hall–Kier alpha value is -0.400. The van der Waals surface area contributed by atoms with Crippen LogP contribution in [0.3, 0.4) is 0 Å². The molecule has 0 aromatic carbocycles. The molecule has 2 aliphatic heterocycles. The van der Waals surface area contributed by atoms with E-state index in [0.717, 1.165) is 0 Å². The molecule has 0 bridgehead atoms. The fourth-order valence-corrected chi connectivity index (χ4v) is 3.20. The summed E-state index contributed by atoms with van der Waals surface area (Å²) in [5.74, 6) is 0. The lowest BCUT2D eigenvalue weighted by Crippen LogP contribution is -2.63. The van der Waals surface area contributed by atoms with Crippen LogP contribution in [0.5, 0.6) is 0 Å². The molecule has 0 aromatic heterocycles. The monoisotopic (exact) mass is 382 g/mol. The average molecular weight is 382 g/mol. The Kier molecular flexibility index (Phi) is 7.00. The number of aliphatic hydroxyl groups excluding tert-OH is 7. The van der Waals surface area contributed by atoms with Crippen molar-refractivity contribution in [3.63, 3.8) is 0 Å². The third-order valence-electron chi connectivity index (χ3n) is 4.84. The molecule has 2 fully saturated rings. The molecule has 2 aliphatic rings. The molecule has 154 valence electrons. The molecule has 0 spiro atoms. The van der Waals surface area contributed by atoms with Crippen molar-refractivity contribution in [3.8, 4) is 0 Å². The fraction of sp³-hybridized carbons (Fsp3) is 1.00. The molecule has 0 radical (unpaired) electrons. The third kappa shape index (κ3) is 4.36. The molecule has 2 saturated heterocycles. The van der Waals surface area contributed by atoms with Crippen molar-refractivity contribution in [2.24, 2.45) is 5.41 Å². The maximum absolute atomic E-state index is 10.1. The average Bonchev–Trinajstić information content (AvgIpc) is 2.57. The van der Waals surface area contributed by atoms with Gasteiger partial charge in [-0.1, -0.05) is 20.8 Å². The minimum Gasteiger partial charge on any atom is -0.394 e. The first-order valence-corrected chi connectivity index (χ1v) is 8.60. The van der Waals surface area contributed by atoms with Gasteiger partial charge in [0.2, 0.25) is 0 Å². The van der Waals surface area contributed by atoms with Crippen molar-refractivity contribution in [1.29, 1.82) is 0 Å². The Morgan fingerprint density at radius 2 is 1.27 bits per heavy atom. The van der Waals surface area contributed by atoms with E-state index in [4.69, 9.17) is 14.2 Å². The van der Waals surface area contributed by atoms with Crippen molar-refractivity contribution in [3.05, 3.63) is 0 Å². The van der Waals surface area contributed by atoms with E-state index in [9.17, 15) is 35.7 Å². The maximum atomic E-state index is 10.1. The molecule has 2 rings (SSSR count). The van der Waals surface area contributed by atoms with Crippen molar-refractivity contribution < 1.29 is 50.0 Å². The highest BCUT2D eigenvalue weighted by molar-refractivity contribution is 4.97. The highest BCUT2D eigenvalue weighted by atomic mass is 16.7. The smallest absolute Gasteiger partial charge is 0.186 e. The van der Waals surface area contributed by atoms with Gasteiger partial charge in [0, 0.05) is 0 Å². The Morgan fingerprint density at radius 3 is 1.81 bits per heavy atom. The van der Waals surface area contributed by atoms with Crippen molar-refractivity contribution in [2.75, 3.05) is 13.2 Å². The number of rotatable bonds is 4. The van der Waals surface area contributed by atoms with Crippen LogP contribution in [0.25, 0.3) is 0 Å². The van der Waals surface area contributed by atoms with Crippen LogP contribution in [0.2, 0.25) is 0 Å². The molecule has 10 nitrogen and oxygen atoms in total. The van der Waals surface area contributed by atoms with Crippen LogP contribution < -0.4 is 0 Å². The zero-order valence-electron chi connectivity index (χ0n) is 15.0. The van der Waals surface area contributed by atoms with Gasteiger partial charge in [0.05, 0.1) is 19.3 Å². The zero-order valence-corrected chi connectivity index (χ0v) is 15.0. The van der Waals surface area contributed by atoms with E-state index in [1.54, 1.807) is 20.8 Å². The first-order valence-electron chi connectivity index (χ1n) is 8.60. The molecule has 7 N–H and O–H groups in total. The number of ether oxygens (including phenoxy) is 3. The van der Waals surface area contributed by atoms with E-state index < -0.39 is 73.2 Å². The SMILES string of the molecule is CC(C)(C)[C@@H]1O[C@H](CO[C@@H]2O[C@H](CO)[C@@H](O)[C@H](O)[C@H]2O)[C@@H](O)[C@H](O)[C@H]1O. The second-order valence-electron chi connectivity index (χ2n) is 7.96. The second-order valence-corrected chi connectivity index (χ2v) is 7.96. The van der Waals surface area contributed by atoms with E-state index in [2.05, 4.69) is 0 Å². The van der Waals surface area contributed by atoms with Crippen LogP contribution in [0.1, 0.15) is 20.8 Å². The van der Waals surface area contributed by atoms with Gasteiger partial charge in [-0.05, 0) is 5.41 Å². The normalized spacial score (nSPS) is 47.8. The summed E-state index contributed by atoms with van der Waals surface area (Å²) in [6, 6.07) is 0. The molecular weight excluding hydrogens is 352 g/mol. The Balaban J connectivity index is 2.03. The molecule has 0 saturated carbocycles. The summed E-state index contributed by atoms with van der Waals surface area (Å²) in [5, 5.41) is 69.0. The largest absolute Gasteiger partial charge is 0.394 e. The number of hydrogen-bond acceptors (Lipinski definition) is 10. The van der Waals surface area contributed by atoms with Gasteiger partial charge in [0.25, 0.3) is 0 Å². The van der Waals surface area contributed by atoms with Gasteiger partial charge in [-0.25, -0.2) is 0 Å². The molecule has 2 heterocycles. The highest BCUT2D eigenvalue weighted by Gasteiger charge is 2.49. The minimum absolute atomic E-state index is 0.319. The summed E-state index contributed by atoms with van der Waals surface area (Å²) in [7, 11) is 0. The van der Waals surface area contributed by atoms with Gasteiger partial charge < -0.3 is 50.0 Å². The topological polar surface area (TPSA) is 169 Å². The van der Waals surface area contributed by atoms with Gasteiger partial charge in [-0.3, -0.25) is 0 Å². The second kappa shape index (κ2) is 8.31. The van der Waals surface area contributed by atoms with E-state index in [0.29, 0.717) is 0 Å². The van der Waals surface area contributed by atoms with Gasteiger partial charge in [-0.2, -0.15) is 0 Å². The van der Waals surface area contributed by atoms with Crippen LogP contribution in [0.4, 0.5) is 0 Å². The van der Waals surface area contributed by atoms with E-state index in [1.807, 2.05) is 0 Å². The van der Waals surface area contributed by atoms with Crippen molar-refractivity contribution >= 4 is 0 Å². The maximum Gasteiger partial charge on any atom is 0.186 e. The Labute approximate surface area is 151 Å². The summed E-state index contributed by atoms with van der Waals surface area (Å²) in [6.45, 7) is 4.51. The molecular formula is C16H30O10. The van der Waals surface area contributed by atoms with Crippen LogP contribution in [-0.4, -0.2) is 110 Å². The zero-order chi connectivity index (χ0) is 19.8. The van der Waals surface area contributed by atoms with Crippen molar-refractivity contribution in [2.45, 2.75) is 82.0 Å². The van der Waals surface area contributed by atoms with Crippen LogP contribution in [-0.2, 0) is 14.2 Å². The molecule has 0 unspecified atom stereocenters.